The Morgan fingerprint density at radius 2 is 2.20 bits per heavy atom. The average Bonchev–Trinajstić information content (AvgIpc) is 2.17. The molecule has 2 nitrogen and oxygen atoms in total. The molecular formula is C12H17FN2. The summed E-state index contributed by atoms with van der Waals surface area (Å²) in [5.41, 5.74) is 6.84. The van der Waals surface area contributed by atoms with Gasteiger partial charge < -0.3 is 11.1 Å². The number of benzene rings is 1. The van der Waals surface area contributed by atoms with Crippen LogP contribution >= 0.6 is 0 Å². The van der Waals surface area contributed by atoms with Crippen molar-refractivity contribution in [2.24, 2.45) is 0 Å². The second-order valence-electron chi connectivity index (χ2n) is 4.62. The summed E-state index contributed by atoms with van der Waals surface area (Å²) in [5, 5.41) is 3.45. The second-order valence-corrected chi connectivity index (χ2v) is 4.62. The van der Waals surface area contributed by atoms with Crippen LogP contribution in [0.4, 0.5) is 10.1 Å². The highest BCUT2D eigenvalue weighted by Crippen LogP contribution is 2.31. The van der Waals surface area contributed by atoms with E-state index < -0.39 is 0 Å². The molecule has 0 aromatic heterocycles. The first-order chi connectivity index (χ1) is 7.09. The Balaban J connectivity index is 1.96. The summed E-state index contributed by atoms with van der Waals surface area (Å²) in [5.74, 6) is -0.326. The van der Waals surface area contributed by atoms with E-state index in [2.05, 4.69) is 12.2 Å². The van der Waals surface area contributed by atoms with Crippen molar-refractivity contribution in [3.05, 3.63) is 29.6 Å². The standard InChI is InChI=1S/C12H17FN2/c1-12(5-2-6-12)15-8-9-3-4-11(14)10(13)7-9/h3-4,7,15H,2,5-6,8,14H2,1H3. The molecule has 0 atom stereocenters. The molecule has 0 unspecified atom stereocenters. The third kappa shape index (κ3) is 2.29. The van der Waals surface area contributed by atoms with Crippen LogP contribution in [0.3, 0.4) is 0 Å². The van der Waals surface area contributed by atoms with Crippen LogP contribution < -0.4 is 11.1 Å². The van der Waals surface area contributed by atoms with Crippen molar-refractivity contribution in [3.63, 3.8) is 0 Å². The van der Waals surface area contributed by atoms with Crippen LogP contribution in [0, 0.1) is 5.82 Å². The monoisotopic (exact) mass is 208 g/mol. The Morgan fingerprint density at radius 3 is 2.73 bits per heavy atom. The zero-order valence-corrected chi connectivity index (χ0v) is 9.02. The summed E-state index contributed by atoms with van der Waals surface area (Å²) in [6.45, 7) is 2.93. The lowest BCUT2D eigenvalue weighted by Crippen LogP contribution is -2.47. The van der Waals surface area contributed by atoms with Crippen molar-refractivity contribution in [2.45, 2.75) is 38.3 Å². The number of nitrogens with one attached hydrogen (secondary N) is 1. The lowest BCUT2D eigenvalue weighted by molar-refractivity contribution is 0.207. The van der Waals surface area contributed by atoms with Crippen LogP contribution in [0.1, 0.15) is 31.7 Å². The van der Waals surface area contributed by atoms with Gasteiger partial charge >= 0.3 is 0 Å². The van der Waals surface area contributed by atoms with E-state index in [1.54, 1.807) is 6.07 Å². The number of hydrogen-bond donors (Lipinski definition) is 2. The third-order valence-corrected chi connectivity index (χ3v) is 3.24. The van der Waals surface area contributed by atoms with Gasteiger partial charge in [-0.2, -0.15) is 0 Å². The molecule has 82 valence electrons. The maximum atomic E-state index is 13.1. The van der Waals surface area contributed by atoms with Crippen molar-refractivity contribution in [1.29, 1.82) is 0 Å². The highest BCUT2D eigenvalue weighted by Gasteiger charge is 2.30. The van der Waals surface area contributed by atoms with Crippen LogP contribution in [-0.2, 0) is 6.54 Å². The molecule has 1 aliphatic rings. The molecule has 0 amide bonds. The number of anilines is 1. The molecule has 1 aliphatic carbocycles. The average molecular weight is 208 g/mol. The van der Waals surface area contributed by atoms with E-state index >= 15 is 0 Å². The molecule has 2 rings (SSSR count). The van der Waals surface area contributed by atoms with Gasteiger partial charge in [-0.05, 0) is 43.9 Å². The van der Waals surface area contributed by atoms with E-state index in [0.29, 0.717) is 6.54 Å². The van der Waals surface area contributed by atoms with Gasteiger partial charge in [0, 0.05) is 12.1 Å². The highest BCUT2D eigenvalue weighted by molar-refractivity contribution is 5.41. The lowest BCUT2D eigenvalue weighted by Gasteiger charge is -2.39. The summed E-state index contributed by atoms with van der Waals surface area (Å²) in [4.78, 5) is 0. The summed E-state index contributed by atoms with van der Waals surface area (Å²) in [6.07, 6.45) is 3.72. The molecule has 0 bridgehead atoms. The fraction of sp³-hybridized carbons (Fsp3) is 0.500. The van der Waals surface area contributed by atoms with Gasteiger partial charge in [0.15, 0.2) is 0 Å². The second kappa shape index (κ2) is 3.81. The molecule has 15 heavy (non-hydrogen) atoms. The zero-order valence-electron chi connectivity index (χ0n) is 9.02. The van der Waals surface area contributed by atoms with Crippen LogP contribution in [0.2, 0.25) is 0 Å². The Morgan fingerprint density at radius 1 is 1.47 bits per heavy atom. The van der Waals surface area contributed by atoms with Crippen LogP contribution in [0.5, 0.6) is 0 Å². The van der Waals surface area contributed by atoms with Crippen molar-refractivity contribution >= 4 is 5.69 Å². The minimum Gasteiger partial charge on any atom is -0.396 e. The molecule has 0 saturated heterocycles. The molecule has 0 aliphatic heterocycles. The van der Waals surface area contributed by atoms with Crippen LogP contribution in [-0.4, -0.2) is 5.54 Å². The van der Waals surface area contributed by atoms with Gasteiger partial charge in [0.2, 0.25) is 0 Å². The Hall–Kier alpha value is -1.09. The van der Waals surface area contributed by atoms with Gasteiger partial charge in [-0.3, -0.25) is 0 Å². The number of halogens is 1. The maximum absolute atomic E-state index is 13.1. The first-order valence-electron chi connectivity index (χ1n) is 5.38. The van der Waals surface area contributed by atoms with E-state index in [1.165, 1.54) is 25.3 Å². The van der Waals surface area contributed by atoms with Gasteiger partial charge in [-0.15, -0.1) is 0 Å². The highest BCUT2D eigenvalue weighted by atomic mass is 19.1. The summed E-state index contributed by atoms with van der Waals surface area (Å²) in [6, 6.07) is 4.99. The number of hydrogen-bond acceptors (Lipinski definition) is 2. The van der Waals surface area contributed by atoms with E-state index in [1.807, 2.05) is 6.07 Å². The predicted octanol–water partition coefficient (Wildman–Crippen LogP) is 2.44. The summed E-state index contributed by atoms with van der Waals surface area (Å²) in [7, 11) is 0. The van der Waals surface area contributed by atoms with Gasteiger partial charge in [0.05, 0.1) is 5.69 Å². The minimum absolute atomic E-state index is 0.216. The van der Waals surface area contributed by atoms with Crippen LogP contribution in [0.15, 0.2) is 18.2 Å². The van der Waals surface area contributed by atoms with Gasteiger partial charge in [-0.1, -0.05) is 6.07 Å². The molecular weight excluding hydrogens is 191 g/mol. The minimum atomic E-state index is -0.326. The molecule has 3 N–H and O–H groups in total. The number of nitrogen functional groups attached to an aromatic ring is 1. The third-order valence-electron chi connectivity index (χ3n) is 3.24. The first-order valence-corrected chi connectivity index (χ1v) is 5.38. The topological polar surface area (TPSA) is 38.0 Å². The Labute approximate surface area is 89.7 Å². The van der Waals surface area contributed by atoms with Crippen molar-refractivity contribution in [1.82, 2.24) is 5.32 Å². The molecule has 0 spiro atoms. The smallest absolute Gasteiger partial charge is 0.146 e. The predicted molar refractivity (Wildman–Crippen MR) is 59.9 cm³/mol. The molecule has 3 heteroatoms. The lowest BCUT2D eigenvalue weighted by atomic mass is 9.78. The fourth-order valence-corrected chi connectivity index (χ4v) is 1.88. The van der Waals surface area contributed by atoms with Crippen molar-refractivity contribution < 1.29 is 4.39 Å². The largest absolute Gasteiger partial charge is 0.396 e. The quantitative estimate of drug-likeness (QED) is 0.749. The van der Waals surface area contributed by atoms with Crippen molar-refractivity contribution in [3.8, 4) is 0 Å². The van der Waals surface area contributed by atoms with E-state index in [0.717, 1.165) is 5.56 Å². The SMILES string of the molecule is CC1(NCc2ccc(N)c(F)c2)CCC1. The van der Waals surface area contributed by atoms with Crippen LogP contribution in [0.25, 0.3) is 0 Å². The molecule has 1 fully saturated rings. The molecule has 1 aromatic carbocycles. The Kier molecular flexibility index (Phi) is 2.65. The van der Waals surface area contributed by atoms with Gasteiger partial charge in [0.1, 0.15) is 5.82 Å². The maximum Gasteiger partial charge on any atom is 0.146 e. The van der Waals surface area contributed by atoms with E-state index in [-0.39, 0.29) is 17.0 Å². The summed E-state index contributed by atoms with van der Waals surface area (Å²) >= 11 is 0. The molecule has 0 radical (unpaired) electrons. The Bertz CT molecular complexity index is 359. The summed E-state index contributed by atoms with van der Waals surface area (Å²) < 4.78 is 13.1. The zero-order chi connectivity index (χ0) is 10.9. The fourth-order valence-electron chi connectivity index (χ4n) is 1.88. The normalized spacial score (nSPS) is 18.5. The van der Waals surface area contributed by atoms with Gasteiger partial charge in [0.25, 0.3) is 0 Å². The van der Waals surface area contributed by atoms with Gasteiger partial charge in [-0.25, -0.2) is 4.39 Å². The molecule has 1 aromatic rings. The van der Waals surface area contributed by atoms with Crippen molar-refractivity contribution in [2.75, 3.05) is 5.73 Å². The number of nitrogens with two attached hydrogens (primary N) is 1. The van der Waals surface area contributed by atoms with E-state index in [9.17, 15) is 4.39 Å². The number of rotatable bonds is 3. The first kappa shape index (κ1) is 10.4. The molecule has 0 heterocycles. The molecule has 1 saturated carbocycles. The van der Waals surface area contributed by atoms with E-state index in [4.69, 9.17) is 5.73 Å².